The van der Waals surface area contributed by atoms with Crippen LogP contribution in [0.5, 0.6) is 0 Å². The Hall–Kier alpha value is -0.300. The van der Waals surface area contributed by atoms with E-state index in [1.807, 2.05) is 0 Å². The predicted octanol–water partition coefficient (Wildman–Crippen LogP) is 2.09. The molecule has 0 radical (unpaired) electrons. The van der Waals surface area contributed by atoms with Crippen molar-refractivity contribution in [2.75, 3.05) is 6.54 Å². The fraction of sp³-hybridized carbons (Fsp3) is 0.778. The molecule has 1 saturated carbocycles. The Morgan fingerprint density at radius 1 is 1.50 bits per heavy atom. The minimum atomic E-state index is 0.774. The van der Waals surface area contributed by atoms with Crippen molar-refractivity contribution in [2.24, 2.45) is 0 Å². The second-order valence-corrected chi connectivity index (χ2v) is 3.08. The van der Waals surface area contributed by atoms with Crippen molar-refractivity contribution in [1.29, 1.82) is 0 Å². The van der Waals surface area contributed by atoms with E-state index in [4.69, 9.17) is 0 Å². The van der Waals surface area contributed by atoms with Crippen LogP contribution in [0.3, 0.4) is 0 Å². The maximum atomic E-state index is 3.98. The van der Waals surface area contributed by atoms with Gasteiger partial charge >= 0.3 is 0 Å². The monoisotopic (exact) mass is 139 g/mol. The van der Waals surface area contributed by atoms with Crippen molar-refractivity contribution < 1.29 is 0 Å². The number of hydrogen-bond acceptors (Lipinski definition) is 1. The van der Waals surface area contributed by atoms with Gasteiger partial charge in [0.05, 0.1) is 0 Å². The molecule has 0 aliphatic heterocycles. The highest BCUT2D eigenvalue weighted by Gasteiger charge is 2.13. The summed E-state index contributed by atoms with van der Waals surface area (Å²) in [5, 5.41) is 3.46. The average Bonchev–Trinajstić information content (AvgIpc) is 1.95. The van der Waals surface area contributed by atoms with Crippen LogP contribution < -0.4 is 5.32 Å². The van der Waals surface area contributed by atoms with Crippen LogP contribution >= 0.6 is 0 Å². The van der Waals surface area contributed by atoms with Gasteiger partial charge in [-0.2, -0.15) is 0 Å². The molecule has 0 heterocycles. The first-order valence-electron chi connectivity index (χ1n) is 4.23. The van der Waals surface area contributed by atoms with Crippen LogP contribution in [-0.4, -0.2) is 12.6 Å². The van der Waals surface area contributed by atoms with Crippen molar-refractivity contribution in [3.63, 3.8) is 0 Å². The van der Waals surface area contributed by atoms with Gasteiger partial charge in [-0.3, -0.25) is 0 Å². The smallest absolute Gasteiger partial charge is 0.00730 e. The Bertz CT molecular complexity index is 108. The van der Waals surface area contributed by atoms with Gasteiger partial charge in [0.25, 0.3) is 0 Å². The van der Waals surface area contributed by atoms with Gasteiger partial charge in [0, 0.05) is 6.04 Å². The third-order valence-electron chi connectivity index (χ3n) is 2.19. The zero-order valence-electron chi connectivity index (χ0n) is 6.82. The van der Waals surface area contributed by atoms with Gasteiger partial charge in [0.15, 0.2) is 0 Å². The summed E-state index contributed by atoms with van der Waals surface area (Å²) in [6.07, 6.45) is 5.06. The fourth-order valence-electron chi connectivity index (χ4n) is 1.52. The molecule has 1 rings (SSSR count). The molecule has 58 valence electrons. The third kappa shape index (κ3) is 2.14. The van der Waals surface area contributed by atoms with E-state index in [0.29, 0.717) is 0 Å². The maximum absolute atomic E-state index is 3.98. The van der Waals surface area contributed by atoms with E-state index in [1.165, 1.54) is 31.3 Å². The lowest BCUT2D eigenvalue weighted by molar-refractivity contribution is 0.428. The normalized spacial score (nSPS) is 21.5. The van der Waals surface area contributed by atoms with Gasteiger partial charge < -0.3 is 5.32 Å². The Balaban J connectivity index is 2.19. The number of hydrogen-bond donors (Lipinski definition) is 1. The van der Waals surface area contributed by atoms with E-state index in [2.05, 4.69) is 18.8 Å². The summed E-state index contributed by atoms with van der Waals surface area (Å²) in [4.78, 5) is 0. The maximum Gasteiger partial charge on any atom is 0.00730 e. The van der Waals surface area contributed by atoms with E-state index in [9.17, 15) is 0 Å². The Labute approximate surface area is 63.5 Å². The van der Waals surface area contributed by atoms with Crippen LogP contribution in [0.25, 0.3) is 0 Å². The number of nitrogens with one attached hydrogen (secondary N) is 1. The highest BCUT2D eigenvalue weighted by Crippen LogP contribution is 2.21. The zero-order chi connectivity index (χ0) is 7.40. The summed E-state index contributed by atoms with van der Waals surface area (Å²) in [7, 11) is 0. The molecule has 0 aromatic rings. The quantitative estimate of drug-likeness (QED) is 0.578. The summed E-state index contributed by atoms with van der Waals surface area (Å²) in [6.45, 7) is 7.26. The summed E-state index contributed by atoms with van der Waals surface area (Å²) >= 11 is 0. The molecule has 1 nitrogen and oxygen atoms in total. The molecule has 1 fully saturated rings. The first-order valence-corrected chi connectivity index (χ1v) is 4.23. The van der Waals surface area contributed by atoms with E-state index in [1.54, 1.807) is 0 Å². The van der Waals surface area contributed by atoms with Crippen LogP contribution in [0, 0.1) is 0 Å². The van der Waals surface area contributed by atoms with E-state index >= 15 is 0 Å². The van der Waals surface area contributed by atoms with Crippen molar-refractivity contribution in [3.05, 3.63) is 12.2 Å². The summed E-state index contributed by atoms with van der Waals surface area (Å²) in [5.74, 6) is 0. The third-order valence-corrected chi connectivity index (χ3v) is 2.19. The molecule has 0 atom stereocenters. The van der Waals surface area contributed by atoms with Crippen LogP contribution in [0.2, 0.25) is 0 Å². The predicted molar refractivity (Wildman–Crippen MR) is 45.1 cm³/mol. The fourth-order valence-corrected chi connectivity index (χ4v) is 1.52. The first-order chi connectivity index (χ1) is 4.83. The molecule has 0 spiro atoms. The standard InChI is InChI=1S/C9H17N/c1-3-10-9-6-4-8(2)5-7-9/h9-10H,2-7H2,1H3. The summed E-state index contributed by atoms with van der Waals surface area (Å²) in [5.41, 5.74) is 1.44. The average molecular weight is 139 g/mol. The van der Waals surface area contributed by atoms with Gasteiger partial charge in [-0.05, 0) is 32.2 Å². The zero-order valence-corrected chi connectivity index (χ0v) is 6.82. The lowest BCUT2D eigenvalue weighted by atomic mass is 9.92. The van der Waals surface area contributed by atoms with Gasteiger partial charge in [0.1, 0.15) is 0 Å². The molecule has 0 saturated heterocycles. The molecule has 0 aromatic carbocycles. The molecule has 0 amide bonds. The van der Waals surface area contributed by atoms with Gasteiger partial charge in [0.2, 0.25) is 0 Å². The topological polar surface area (TPSA) is 12.0 Å². The molecular formula is C9H17N. The van der Waals surface area contributed by atoms with Crippen molar-refractivity contribution in [3.8, 4) is 0 Å². The van der Waals surface area contributed by atoms with Gasteiger partial charge in [-0.25, -0.2) is 0 Å². The number of rotatable bonds is 2. The van der Waals surface area contributed by atoms with Crippen molar-refractivity contribution in [1.82, 2.24) is 5.32 Å². The van der Waals surface area contributed by atoms with Crippen LogP contribution in [0.1, 0.15) is 32.6 Å². The molecular weight excluding hydrogens is 122 g/mol. The van der Waals surface area contributed by atoms with Crippen molar-refractivity contribution >= 4 is 0 Å². The second kappa shape index (κ2) is 3.77. The first kappa shape index (κ1) is 7.80. The van der Waals surface area contributed by atoms with Crippen LogP contribution in [0.15, 0.2) is 12.2 Å². The molecule has 0 unspecified atom stereocenters. The summed E-state index contributed by atoms with van der Waals surface area (Å²) < 4.78 is 0. The molecule has 10 heavy (non-hydrogen) atoms. The minimum Gasteiger partial charge on any atom is -0.314 e. The minimum absolute atomic E-state index is 0.774. The lowest BCUT2D eigenvalue weighted by Gasteiger charge is -2.23. The highest BCUT2D eigenvalue weighted by molar-refractivity contribution is 4.99. The summed E-state index contributed by atoms with van der Waals surface area (Å²) in [6, 6.07) is 0.774. The molecule has 1 aliphatic rings. The van der Waals surface area contributed by atoms with E-state index in [-0.39, 0.29) is 0 Å². The molecule has 1 N–H and O–H groups in total. The van der Waals surface area contributed by atoms with Crippen molar-refractivity contribution in [2.45, 2.75) is 38.6 Å². The Morgan fingerprint density at radius 2 is 2.10 bits per heavy atom. The van der Waals surface area contributed by atoms with Crippen LogP contribution in [0.4, 0.5) is 0 Å². The molecule has 1 aliphatic carbocycles. The Kier molecular flexibility index (Phi) is 2.94. The second-order valence-electron chi connectivity index (χ2n) is 3.08. The molecule has 0 bridgehead atoms. The largest absolute Gasteiger partial charge is 0.314 e. The highest BCUT2D eigenvalue weighted by atomic mass is 14.9. The van der Waals surface area contributed by atoms with E-state index < -0.39 is 0 Å². The SMILES string of the molecule is C=C1CCC(NCC)CC1. The van der Waals surface area contributed by atoms with E-state index in [0.717, 1.165) is 12.6 Å². The Morgan fingerprint density at radius 3 is 2.60 bits per heavy atom. The number of allylic oxidation sites excluding steroid dienone is 1. The van der Waals surface area contributed by atoms with Gasteiger partial charge in [-0.1, -0.05) is 19.1 Å². The lowest BCUT2D eigenvalue weighted by Crippen LogP contribution is -2.30. The molecule has 1 heteroatoms. The van der Waals surface area contributed by atoms with Crippen LogP contribution in [-0.2, 0) is 0 Å². The van der Waals surface area contributed by atoms with Gasteiger partial charge in [-0.15, -0.1) is 0 Å². The molecule has 0 aromatic heterocycles.